The number of guanidine groups is 1. The molecule has 2 N–H and O–H groups in total. The molecule has 0 aliphatic carbocycles. The lowest BCUT2D eigenvalue weighted by Gasteiger charge is -2.12. The van der Waals surface area contributed by atoms with Crippen LogP contribution >= 0.6 is 0 Å². The van der Waals surface area contributed by atoms with Crippen LogP contribution in [0.25, 0.3) is 0 Å². The van der Waals surface area contributed by atoms with E-state index in [-0.39, 0.29) is 11.6 Å². The molecule has 1 heterocycles. The van der Waals surface area contributed by atoms with Gasteiger partial charge in [0.1, 0.15) is 0 Å². The second-order valence-electron chi connectivity index (χ2n) is 6.02. The van der Waals surface area contributed by atoms with E-state index in [0.29, 0.717) is 25.7 Å². The molecule has 2 aromatic rings. The summed E-state index contributed by atoms with van der Waals surface area (Å²) in [6, 6.07) is 4.94. The van der Waals surface area contributed by atoms with Gasteiger partial charge < -0.3 is 15.4 Å². The van der Waals surface area contributed by atoms with Crippen molar-refractivity contribution in [2.45, 2.75) is 40.8 Å². The molecule has 7 heteroatoms. The van der Waals surface area contributed by atoms with Gasteiger partial charge in [-0.3, -0.25) is 4.68 Å². The Labute approximate surface area is 154 Å². The molecule has 142 valence electrons. The number of hydrogen-bond acceptors (Lipinski definition) is 3. The average Bonchev–Trinajstić information content (AvgIpc) is 2.85. The molecule has 0 bridgehead atoms. The van der Waals surface area contributed by atoms with E-state index in [2.05, 4.69) is 20.7 Å². The zero-order valence-electron chi connectivity index (χ0n) is 16.2. The highest BCUT2D eigenvalue weighted by molar-refractivity contribution is 5.79. The molecule has 0 radical (unpaired) electrons. The number of nitrogens with one attached hydrogen (secondary N) is 2. The standard InChI is InChI=1S/C19H28FN5O/c1-6-21-19(23-12-16-13(3)24-25(5)14(16)4)22-11-15-8-9-18(26-7-2)17(20)10-15/h8-10H,6-7,11-12H2,1-5H3,(H2,21,22,23). The maximum absolute atomic E-state index is 14.0. The number of hydrogen-bond donors (Lipinski definition) is 2. The van der Waals surface area contributed by atoms with Gasteiger partial charge in [0.05, 0.1) is 18.8 Å². The highest BCUT2D eigenvalue weighted by atomic mass is 19.1. The SMILES string of the molecule is CCNC(=NCc1ccc(OCC)c(F)c1)NCc1c(C)nn(C)c1C. The Hall–Kier alpha value is -2.57. The van der Waals surface area contributed by atoms with E-state index >= 15 is 0 Å². The fourth-order valence-electron chi connectivity index (χ4n) is 2.67. The Kier molecular flexibility index (Phi) is 7.00. The Balaban J connectivity index is 2.05. The summed E-state index contributed by atoms with van der Waals surface area (Å²) in [7, 11) is 1.94. The molecule has 6 nitrogen and oxygen atoms in total. The van der Waals surface area contributed by atoms with Crippen molar-refractivity contribution in [2.24, 2.45) is 12.0 Å². The first-order valence-electron chi connectivity index (χ1n) is 8.88. The average molecular weight is 361 g/mol. The molecule has 0 fully saturated rings. The van der Waals surface area contributed by atoms with Crippen molar-refractivity contribution in [1.82, 2.24) is 20.4 Å². The molecule has 0 saturated carbocycles. The molecule has 1 aromatic heterocycles. The lowest BCUT2D eigenvalue weighted by Crippen LogP contribution is -2.37. The van der Waals surface area contributed by atoms with E-state index in [0.717, 1.165) is 29.1 Å². The zero-order valence-corrected chi connectivity index (χ0v) is 16.2. The Bertz CT molecular complexity index is 770. The minimum Gasteiger partial charge on any atom is -0.491 e. The third kappa shape index (κ3) is 4.97. The Morgan fingerprint density at radius 2 is 2.04 bits per heavy atom. The second-order valence-corrected chi connectivity index (χ2v) is 6.02. The van der Waals surface area contributed by atoms with Crippen LogP contribution in [0.4, 0.5) is 4.39 Å². The monoisotopic (exact) mass is 361 g/mol. The molecule has 0 spiro atoms. The number of ether oxygens (including phenoxy) is 1. The van der Waals surface area contributed by atoms with Crippen molar-refractivity contribution in [1.29, 1.82) is 0 Å². The first-order chi connectivity index (χ1) is 12.5. The largest absolute Gasteiger partial charge is 0.491 e. The molecule has 1 aromatic carbocycles. The summed E-state index contributed by atoms with van der Waals surface area (Å²) in [6.07, 6.45) is 0. The third-order valence-electron chi connectivity index (χ3n) is 4.15. The van der Waals surface area contributed by atoms with Crippen LogP contribution in [-0.2, 0) is 20.1 Å². The first-order valence-corrected chi connectivity index (χ1v) is 8.88. The van der Waals surface area contributed by atoms with Gasteiger partial charge in [0, 0.05) is 31.4 Å². The van der Waals surface area contributed by atoms with E-state index < -0.39 is 0 Å². The summed E-state index contributed by atoms with van der Waals surface area (Å²) < 4.78 is 21.1. The lowest BCUT2D eigenvalue weighted by atomic mass is 10.2. The number of rotatable bonds is 7. The second kappa shape index (κ2) is 9.22. The van der Waals surface area contributed by atoms with Crippen LogP contribution in [0.1, 0.15) is 36.4 Å². The number of aliphatic imine (C=N–C) groups is 1. The van der Waals surface area contributed by atoms with Crippen molar-refractivity contribution >= 4 is 5.96 Å². The molecule has 0 atom stereocenters. The predicted octanol–water partition coefficient (Wildman–Crippen LogP) is 2.83. The van der Waals surface area contributed by atoms with E-state index in [1.807, 2.05) is 45.5 Å². The zero-order chi connectivity index (χ0) is 19.1. The quantitative estimate of drug-likeness (QED) is 0.588. The minimum absolute atomic E-state index is 0.271. The highest BCUT2D eigenvalue weighted by Crippen LogP contribution is 2.18. The van der Waals surface area contributed by atoms with Crippen LogP contribution in [-0.4, -0.2) is 28.9 Å². The molecule has 0 aliphatic rings. The summed E-state index contributed by atoms with van der Waals surface area (Å²) in [6.45, 7) is 10.1. The summed E-state index contributed by atoms with van der Waals surface area (Å²) in [5, 5.41) is 10.9. The van der Waals surface area contributed by atoms with Crippen LogP contribution < -0.4 is 15.4 Å². The van der Waals surface area contributed by atoms with Crippen LogP contribution in [0.3, 0.4) is 0 Å². The van der Waals surface area contributed by atoms with E-state index in [4.69, 9.17) is 4.74 Å². The van der Waals surface area contributed by atoms with Gasteiger partial charge in [-0.2, -0.15) is 5.10 Å². The normalized spacial score (nSPS) is 11.5. The maximum atomic E-state index is 14.0. The van der Waals surface area contributed by atoms with Crippen molar-refractivity contribution in [3.05, 3.63) is 46.5 Å². The van der Waals surface area contributed by atoms with Crippen molar-refractivity contribution in [2.75, 3.05) is 13.2 Å². The number of nitrogens with zero attached hydrogens (tertiary/aromatic N) is 3. The topological polar surface area (TPSA) is 63.5 Å². The van der Waals surface area contributed by atoms with Crippen LogP contribution in [0.2, 0.25) is 0 Å². The minimum atomic E-state index is -0.362. The number of aryl methyl sites for hydroxylation is 2. The van der Waals surface area contributed by atoms with E-state index in [9.17, 15) is 4.39 Å². The Morgan fingerprint density at radius 1 is 1.27 bits per heavy atom. The van der Waals surface area contributed by atoms with Crippen molar-refractivity contribution < 1.29 is 9.13 Å². The lowest BCUT2D eigenvalue weighted by molar-refractivity contribution is 0.321. The number of aromatic nitrogens is 2. The molecule has 2 rings (SSSR count). The van der Waals surface area contributed by atoms with Gasteiger partial charge in [0.25, 0.3) is 0 Å². The van der Waals surface area contributed by atoms with Gasteiger partial charge >= 0.3 is 0 Å². The molecule has 26 heavy (non-hydrogen) atoms. The third-order valence-corrected chi connectivity index (χ3v) is 4.15. The fraction of sp³-hybridized carbons (Fsp3) is 0.474. The Morgan fingerprint density at radius 3 is 2.62 bits per heavy atom. The van der Waals surface area contributed by atoms with Crippen LogP contribution in [0.5, 0.6) is 5.75 Å². The van der Waals surface area contributed by atoms with Crippen LogP contribution in [0, 0.1) is 19.7 Å². The van der Waals surface area contributed by atoms with Gasteiger partial charge in [0.2, 0.25) is 0 Å². The molecular formula is C19H28FN5O. The van der Waals surface area contributed by atoms with E-state index in [1.54, 1.807) is 6.07 Å². The summed E-state index contributed by atoms with van der Waals surface area (Å²) in [5.74, 6) is 0.594. The molecule has 0 aliphatic heterocycles. The van der Waals surface area contributed by atoms with Crippen LogP contribution in [0.15, 0.2) is 23.2 Å². The smallest absolute Gasteiger partial charge is 0.191 e. The van der Waals surface area contributed by atoms with Gasteiger partial charge in [-0.1, -0.05) is 6.07 Å². The summed E-state index contributed by atoms with van der Waals surface area (Å²) in [4.78, 5) is 4.54. The van der Waals surface area contributed by atoms with Gasteiger partial charge in [0.15, 0.2) is 17.5 Å². The molecule has 0 amide bonds. The summed E-state index contributed by atoms with van der Waals surface area (Å²) in [5.41, 5.74) is 4.07. The maximum Gasteiger partial charge on any atom is 0.191 e. The predicted molar refractivity (Wildman–Crippen MR) is 102 cm³/mol. The van der Waals surface area contributed by atoms with Crippen molar-refractivity contribution in [3.8, 4) is 5.75 Å². The molecular weight excluding hydrogens is 333 g/mol. The first kappa shape index (κ1) is 19.8. The van der Waals surface area contributed by atoms with Gasteiger partial charge in [-0.25, -0.2) is 9.38 Å². The molecule has 0 saturated heterocycles. The number of benzene rings is 1. The van der Waals surface area contributed by atoms with Gasteiger partial charge in [-0.05, 0) is 45.4 Å². The number of halogens is 1. The molecule has 0 unspecified atom stereocenters. The summed E-state index contributed by atoms with van der Waals surface area (Å²) >= 11 is 0. The van der Waals surface area contributed by atoms with E-state index in [1.165, 1.54) is 6.07 Å². The highest BCUT2D eigenvalue weighted by Gasteiger charge is 2.10. The van der Waals surface area contributed by atoms with Gasteiger partial charge in [-0.15, -0.1) is 0 Å². The van der Waals surface area contributed by atoms with Crippen molar-refractivity contribution in [3.63, 3.8) is 0 Å². The fourth-order valence-corrected chi connectivity index (χ4v) is 2.67.